The summed E-state index contributed by atoms with van der Waals surface area (Å²) in [5.41, 5.74) is 44.1. The molecular formula is C136H126N8OS2. The van der Waals surface area contributed by atoms with Crippen LogP contribution in [0.3, 0.4) is 0 Å². The van der Waals surface area contributed by atoms with Gasteiger partial charge in [-0.25, -0.2) is 0 Å². The molecule has 11 heteroatoms. The number of rotatable bonds is 8. The summed E-state index contributed by atoms with van der Waals surface area (Å²) in [5, 5.41) is 10.1. The lowest BCUT2D eigenvalue weighted by molar-refractivity contribution is 0.618. The van der Waals surface area contributed by atoms with Crippen LogP contribution in [0.1, 0.15) is 150 Å². The molecule has 2 aliphatic heterocycles. The number of furan rings is 1. The molecular weight excluding hydrogens is 1830 g/mol. The SMILES string of the molecule is CC.CC.CC.CC.Cc1ccc(-n2c3c(c4ccccc42)C(C)(C)c2c-3c3ccccc3n2-c2ccc(C)cc2)cc1.Cc1ccc(-n2c3ccccc3c3c2oc2c4ccccc4n(-c4ccc(C)cc4)c23)cc1.Cc1ccc(-n2c3ccccc3c3c2sc2c4ccccc4n(-c4ccc(C)cc4)c23)cc1.Cc1ccc(N2c3ccccc3Sc3c2ccc2c3C(C)(C)c3ccccc3N2c2ccc(C)cc2)cc1. The monoisotopic (exact) mass is 1950 g/mol. The minimum absolute atomic E-state index is 0.163. The highest BCUT2D eigenvalue weighted by Gasteiger charge is 2.47. The first kappa shape index (κ1) is 97.0. The minimum Gasteiger partial charge on any atom is -0.437 e. The van der Waals surface area contributed by atoms with Crippen LogP contribution in [0.4, 0.5) is 34.1 Å². The molecule has 0 atom stereocenters. The summed E-state index contributed by atoms with van der Waals surface area (Å²) < 4.78 is 22.6. The normalized spacial score (nSPS) is 12.7. The smallest absolute Gasteiger partial charge is 0.215 e. The van der Waals surface area contributed by atoms with E-state index in [1.165, 1.54) is 214 Å². The third kappa shape index (κ3) is 16.3. The summed E-state index contributed by atoms with van der Waals surface area (Å²) in [6.07, 6.45) is 0. The van der Waals surface area contributed by atoms with E-state index in [0.29, 0.717) is 0 Å². The van der Waals surface area contributed by atoms with Crippen molar-refractivity contribution in [1.82, 2.24) is 27.4 Å². The van der Waals surface area contributed by atoms with Crippen LogP contribution in [-0.4, -0.2) is 27.4 Å². The molecule has 0 bridgehead atoms. The van der Waals surface area contributed by atoms with Crippen LogP contribution in [0.2, 0.25) is 0 Å². The van der Waals surface area contributed by atoms with Gasteiger partial charge in [-0.1, -0.05) is 370 Å². The van der Waals surface area contributed by atoms with Gasteiger partial charge in [-0.15, -0.1) is 11.3 Å². The van der Waals surface area contributed by atoms with Crippen LogP contribution in [0, 0.1) is 55.4 Å². The van der Waals surface area contributed by atoms with Crippen molar-refractivity contribution in [3.8, 4) is 45.4 Å². The minimum atomic E-state index is -0.170. The van der Waals surface area contributed by atoms with Crippen LogP contribution in [0.25, 0.3) is 153 Å². The van der Waals surface area contributed by atoms with E-state index in [9.17, 15) is 0 Å². The Hall–Kier alpha value is -16.1. The number of nitrogens with zero attached hydrogens (tertiary/aromatic N) is 8. The Labute approximate surface area is 872 Å². The number of aromatic nitrogens is 6. The van der Waals surface area contributed by atoms with Crippen LogP contribution in [0.15, 0.2) is 415 Å². The molecule has 10 heterocycles. The molecule has 1 aliphatic carbocycles. The molecule has 147 heavy (non-hydrogen) atoms. The highest BCUT2D eigenvalue weighted by Crippen LogP contribution is 2.63. The Morgan fingerprint density at radius 3 is 1.07 bits per heavy atom. The largest absolute Gasteiger partial charge is 0.437 e. The zero-order valence-corrected chi connectivity index (χ0v) is 89.5. The van der Waals surface area contributed by atoms with Crippen molar-refractivity contribution >= 4 is 165 Å². The molecule has 0 fully saturated rings. The van der Waals surface area contributed by atoms with Gasteiger partial charge in [0.1, 0.15) is 10.3 Å². The first-order chi connectivity index (χ1) is 71.8. The van der Waals surface area contributed by atoms with Gasteiger partial charge in [0.05, 0.1) is 77.1 Å². The van der Waals surface area contributed by atoms with Crippen molar-refractivity contribution in [1.29, 1.82) is 0 Å². The molecule has 0 unspecified atom stereocenters. The third-order valence-corrected chi connectivity index (χ3v) is 31.5. The average molecular weight is 1950 g/mol. The maximum Gasteiger partial charge on any atom is 0.215 e. The van der Waals surface area contributed by atoms with Gasteiger partial charge in [-0.2, -0.15) is 0 Å². The second kappa shape index (κ2) is 39.8. The second-order valence-electron chi connectivity index (χ2n) is 39.0. The lowest BCUT2D eigenvalue weighted by atomic mass is 9.73. The molecule has 17 aromatic carbocycles. The van der Waals surface area contributed by atoms with Crippen molar-refractivity contribution in [3.63, 3.8) is 0 Å². The highest BCUT2D eigenvalue weighted by atomic mass is 32.2. The van der Waals surface area contributed by atoms with Crippen molar-refractivity contribution in [2.75, 3.05) is 9.80 Å². The van der Waals surface area contributed by atoms with Gasteiger partial charge in [0.15, 0.2) is 5.58 Å². The number of aryl methyl sites for hydroxylation is 8. The van der Waals surface area contributed by atoms with E-state index >= 15 is 0 Å². The summed E-state index contributed by atoms with van der Waals surface area (Å²) in [6.45, 7) is 42.7. The summed E-state index contributed by atoms with van der Waals surface area (Å²) in [5.74, 6) is 0. The molecule has 728 valence electrons. The molecule has 0 saturated carbocycles. The predicted molar refractivity (Wildman–Crippen MR) is 633 cm³/mol. The van der Waals surface area contributed by atoms with Crippen LogP contribution >= 0.6 is 23.1 Å². The molecule has 0 spiro atoms. The molecule has 3 aliphatic rings. The first-order valence-corrected chi connectivity index (χ1v) is 53.8. The Morgan fingerprint density at radius 1 is 0.245 bits per heavy atom. The van der Waals surface area contributed by atoms with Gasteiger partial charge in [-0.05, 0) is 236 Å². The lowest BCUT2D eigenvalue weighted by Gasteiger charge is -2.45. The summed E-state index contributed by atoms with van der Waals surface area (Å²) in [4.78, 5) is 8.81. The maximum atomic E-state index is 6.73. The Morgan fingerprint density at radius 2 is 0.578 bits per heavy atom. The molecule has 0 radical (unpaired) electrons. The van der Waals surface area contributed by atoms with Gasteiger partial charge in [0.25, 0.3) is 0 Å². The second-order valence-corrected chi connectivity index (χ2v) is 41.0. The predicted octanol–water partition coefficient (Wildman–Crippen LogP) is 39.6. The Bertz CT molecular complexity index is 8930. The summed E-state index contributed by atoms with van der Waals surface area (Å²) >= 11 is 3.81. The van der Waals surface area contributed by atoms with Gasteiger partial charge < -0.3 is 37.1 Å². The molecule has 9 nitrogen and oxygen atoms in total. The zero-order valence-electron chi connectivity index (χ0n) is 87.9. The van der Waals surface area contributed by atoms with Crippen molar-refractivity contribution in [2.24, 2.45) is 0 Å². The van der Waals surface area contributed by atoms with Crippen molar-refractivity contribution < 1.29 is 4.42 Å². The van der Waals surface area contributed by atoms with E-state index in [0.717, 1.165) is 50.0 Å². The number of benzene rings is 17. The lowest BCUT2D eigenvalue weighted by Crippen LogP contribution is -2.32. The van der Waals surface area contributed by atoms with Gasteiger partial charge in [-0.3, -0.25) is 4.57 Å². The molecule has 25 aromatic rings. The number of hydrogen-bond donors (Lipinski definition) is 0. The zero-order chi connectivity index (χ0) is 102. The van der Waals surface area contributed by atoms with E-state index < -0.39 is 0 Å². The number of thiophene rings is 1. The number of para-hydroxylation sites is 8. The van der Waals surface area contributed by atoms with Crippen LogP contribution < -0.4 is 9.80 Å². The maximum absolute atomic E-state index is 6.73. The summed E-state index contributed by atoms with van der Waals surface area (Å²) in [6, 6.07) is 146. The molecule has 0 amide bonds. The topological polar surface area (TPSA) is 49.2 Å². The molecule has 0 N–H and O–H groups in total. The van der Waals surface area contributed by atoms with Crippen molar-refractivity contribution in [3.05, 3.63) is 467 Å². The number of hydrogen-bond acceptors (Lipinski definition) is 5. The van der Waals surface area contributed by atoms with E-state index in [-0.39, 0.29) is 10.8 Å². The highest BCUT2D eigenvalue weighted by molar-refractivity contribution is 7.99. The van der Waals surface area contributed by atoms with Gasteiger partial charge in [0, 0.05) is 121 Å². The summed E-state index contributed by atoms with van der Waals surface area (Å²) in [7, 11) is 0. The fraction of sp³-hybridized carbons (Fsp3) is 0.162. The Kier molecular flexibility index (Phi) is 26.3. The quantitative estimate of drug-likeness (QED) is 0.152. The van der Waals surface area contributed by atoms with E-state index in [2.05, 4.69) is 521 Å². The van der Waals surface area contributed by atoms with Gasteiger partial charge in [0.2, 0.25) is 5.71 Å². The first-order valence-electron chi connectivity index (χ1n) is 52.2. The Balaban J connectivity index is 0.000000112. The van der Waals surface area contributed by atoms with Gasteiger partial charge >= 0.3 is 0 Å². The van der Waals surface area contributed by atoms with E-state index in [1.807, 2.05) is 78.5 Å². The number of fused-ring (bicyclic) bond motifs is 26. The molecule has 8 aromatic heterocycles. The fourth-order valence-corrected chi connectivity index (χ4v) is 25.1. The van der Waals surface area contributed by atoms with Crippen LogP contribution in [0.5, 0.6) is 0 Å². The molecule has 0 saturated heterocycles. The standard InChI is InChI=1S/C35H30N2S.C33H28N2.C30H22N2O.C30H22N2S.4C2H6/c1-23-13-17-25(18-14-23)36-28-10-6-5-9-27(28)35(3,4)33-30(36)21-22-31-34(33)38-32-12-8-7-11-29(32)37(31)26-19-15-24(2)16-20-26;1-21-13-17-23(18-14-21)34-28-12-8-6-10-26(28)30-31(34)29-25-9-5-7-11-27(25)35(32(29)33(30,3)4)24-19-15-22(2)16-20-24;2*1-19-11-15-21(16-12-19)31-26-10-6-4-8-24(26)29-28(31)27-23-7-3-5-9-25(23)32(30(27)33-29)22-17-13-20(2)14-18-22;4*1-2/h5-22H,1-4H3;5-20H,1-4H3;2*3-18H,1-2H3;4*1-2H3. The van der Waals surface area contributed by atoms with E-state index in [4.69, 9.17) is 4.42 Å². The fourth-order valence-electron chi connectivity index (χ4n) is 22.4. The molecule has 28 rings (SSSR count). The van der Waals surface area contributed by atoms with Crippen LogP contribution in [-0.2, 0) is 10.8 Å². The average Bonchev–Trinajstić information content (AvgIpc) is 1.49. The third-order valence-electron chi connectivity index (χ3n) is 29.1. The number of anilines is 6. The van der Waals surface area contributed by atoms with E-state index in [1.54, 1.807) is 0 Å². The van der Waals surface area contributed by atoms with Crippen molar-refractivity contribution in [2.45, 2.75) is 159 Å².